The van der Waals surface area contributed by atoms with E-state index in [0.717, 1.165) is 16.6 Å². The van der Waals surface area contributed by atoms with Crippen LogP contribution in [0.5, 0.6) is 0 Å². The number of hydrogen-bond donors (Lipinski definition) is 3. The number of fused-ring (bicyclic) bond motifs is 1. The summed E-state index contributed by atoms with van der Waals surface area (Å²) < 4.78 is 0. The molecule has 3 aromatic rings. The van der Waals surface area contributed by atoms with Crippen LogP contribution in [-0.2, 0) is 6.54 Å². The third-order valence-electron chi connectivity index (χ3n) is 3.11. The largest absolute Gasteiger partial charge is 0.365 e. The van der Waals surface area contributed by atoms with E-state index in [2.05, 4.69) is 10.3 Å². The molecule has 0 radical (unpaired) electrons. The van der Waals surface area contributed by atoms with Gasteiger partial charge >= 0.3 is 0 Å². The van der Waals surface area contributed by atoms with E-state index in [9.17, 15) is 0 Å². The lowest BCUT2D eigenvalue weighted by atomic mass is 10.2. The quantitative estimate of drug-likeness (QED) is 0.499. The molecular formula is C16H16ClN3. The lowest BCUT2D eigenvalue weighted by Gasteiger charge is -2.06. The van der Waals surface area contributed by atoms with Gasteiger partial charge in [0, 0.05) is 17.4 Å². The molecule has 3 nitrogen and oxygen atoms in total. The zero-order chi connectivity index (χ0) is 13.1. The Balaban J connectivity index is 0.00000147. The van der Waals surface area contributed by atoms with E-state index in [1.54, 1.807) is 0 Å². The normalized spacial score (nSPS) is 10.0. The van der Waals surface area contributed by atoms with Crippen molar-refractivity contribution in [3.8, 4) is 0 Å². The molecule has 3 rings (SSSR count). The minimum atomic E-state index is 0. The molecule has 0 saturated carbocycles. The number of amidine groups is 1. The fourth-order valence-electron chi connectivity index (χ4n) is 2.09. The maximum absolute atomic E-state index is 8.07. The van der Waals surface area contributed by atoms with Crippen molar-refractivity contribution in [3.63, 3.8) is 0 Å². The van der Waals surface area contributed by atoms with Gasteiger partial charge in [0.2, 0.25) is 0 Å². The van der Waals surface area contributed by atoms with Crippen molar-refractivity contribution in [2.45, 2.75) is 6.54 Å². The fraction of sp³-hybridized carbons (Fsp3) is 0.0625. The Morgan fingerprint density at radius 1 is 1.00 bits per heavy atom. The average molecular weight is 286 g/mol. The van der Waals surface area contributed by atoms with Gasteiger partial charge in [-0.1, -0.05) is 48.5 Å². The molecule has 3 N–H and O–H groups in total. The van der Waals surface area contributed by atoms with E-state index >= 15 is 0 Å². The van der Waals surface area contributed by atoms with E-state index in [4.69, 9.17) is 5.41 Å². The first-order chi connectivity index (χ1) is 9.33. The van der Waals surface area contributed by atoms with Gasteiger partial charge in [0.15, 0.2) is 0 Å². The summed E-state index contributed by atoms with van der Waals surface area (Å²) in [6.45, 7) is 0.662. The molecule has 20 heavy (non-hydrogen) atoms. The Bertz CT molecular complexity index is 671. The highest BCUT2D eigenvalue weighted by Gasteiger charge is 2.05. The zero-order valence-corrected chi connectivity index (χ0v) is 11.7. The number of hydrogen-bond acceptors (Lipinski definition) is 1. The molecule has 0 bridgehead atoms. The lowest BCUT2D eigenvalue weighted by Crippen LogP contribution is -2.23. The van der Waals surface area contributed by atoms with Crippen LogP contribution in [0.2, 0.25) is 0 Å². The third-order valence-corrected chi connectivity index (χ3v) is 3.11. The topological polar surface area (TPSA) is 51.7 Å². The third kappa shape index (κ3) is 3.00. The Morgan fingerprint density at radius 3 is 2.45 bits per heavy atom. The van der Waals surface area contributed by atoms with E-state index in [0.29, 0.717) is 12.4 Å². The maximum Gasteiger partial charge on any atom is 0.142 e. The Hall–Kier alpha value is -2.26. The first-order valence-corrected chi connectivity index (χ1v) is 6.27. The number of rotatable bonds is 3. The van der Waals surface area contributed by atoms with E-state index in [-0.39, 0.29) is 12.4 Å². The second-order valence-electron chi connectivity index (χ2n) is 4.48. The van der Waals surface area contributed by atoms with Gasteiger partial charge in [0.1, 0.15) is 5.84 Å². The van der Waals surface area contributed by atoms with Crippen LogP contribution in [0.3, 0.4) is 0 Å². The van der Waals surface area contributed by atoms with Crippen molar-refractivity contribution in [1.29, 1.82) is 5.41 Å². The summed E-state index contributed by atoms with van der Waals surface area (Å²) >= 11 is 0. The van der Waals surface area contributed by atoms with Crippen LogP contribution >= 0.6 is 12.4 Å². The molecule has 0 amide bonds. The molecule has 0 spiro atoms. The van der Waals surface area contributed by atoms with Gasteiger partial charge in [0.05, 0.1) is 5.69 Å². The second kappa shape index (κ2) is 6.26. The molecule has 1 heterocycles. The molecule has 0 atom stereocenters. The Labute approximate surface area is 123 Å². The van der Waals surface area contributed by atoms with Crippen molar-refractivity contribution in [1.82, 2.24) is 10.3 Å². The van der Waals surface area contributed by atoms with Crippen LogP contribution in [-0.4, -0.2) is 10.8 Å². The lowest BCUT2D eigenvalue weighted by molar-refractivity contribution is 0.904. The van der Waals surface area contributed by atoms with Crippen LogP contribution in [0.1, 0.15) is 11.3 Å². The SMILES string of the molecule is Cl.N=C(NCc1ccccc1)c1cc2ccccc2[nH]1. The molecule has 0 aliphatic rings. The number of aromatic amines is 1. The van der Waals surface area contributed by atoms with Gasteiger partial charge in [0.25, 0.3) is 0 Å². The molecule has 0 saturated heterocycles. The predicted octanol–water partition coefficient (Wildman–Crippen LogP) is 3.70. The van der Waals surface area contributed by atoms with E-state index in [1.807, 2.05) is 60.7 Å². The van der Waals surface area contributed by atoms with Crippen molar-refractivity contribution in [2.75, 3.05) is 0 Å². The summed E-state index contributed by atoms with van der Waals surface area (Å²) in [5.74, 6) is 0.417. The number of H-pyrrole nitrogens is 1. The number of benzene rings is 2. The van der Waals surface area contributed by atoms with Crippen LogP contribution in [0, 0.1) is 5.41 Å². The maximum atomic E-state index is 8.07. The summed E-state index contributed by atoms with van der Waals surface area (Å²) in [5, 5.41) is 12.3. The molecule has 0 aliphatic heterocycles. The highest BCUT2D eigenvalue weighted by molar-refractivity contribution is 5.99. The number of para-hydroxylation sites is 1. The molecule has 4 heteroatoms. The van der Waals surface area contributed by atoms with Gasteiger partial charge in [-0.2, -0.15) is 0 Å². The minimum absolute atomic E-state index is 0. The number of aromatic nitrogens is 1. The summed E-state index contributed by atoms with van der Waals surface area (Å²) in [5.41, 5.74) is 3.05. The number of nitrogens with one attached hydrogen (secondary N) is 3. The molecule has 0 aliphatic carbocycles. The van der Waals surface area contributed by atoms with Crippen molar-refractivity contribution in [3.05, 3.63) is 71.9 Å². The summed E-state index contributed by atoms with van der Waals surface area (Å²) in [6, 6.07) is 20.1. The molecular weight excluding hydrogens is 270 g/mol. The average Bonchev–Trinajstić information content (AvgIpc) is 2.90. The summed E-state index contributed by atoms with van der Waals surface area (Å²) in [7, 11) is 0. The van der Waals surface area contributed by atoms with Crippen LogP contribution in [0.4, 0.5) is 0 Å². The standard InChI is InChI=1S/C16H15N3.ClH/c17-16(18-11-12-6-2-1-3-7-12)15-10-13-8-4-5-9-14(13)19-15;/h1-10,19H,11H2,(H2,17,18);1H. The highest BCUT2D eigenvalue weighted by atomic mass is 35.5. The molecule has 0 fully saturated rings. The highest BCUT2D eigenvalue weighted by Crippen LogP contribution is 2.14. The monoisotopic (exact) mass is 285 g/mol. The molecule has 1 aromatic heterocycles. The van der Waals surface area contributed by atoms with Crippen LogP contribution in [0.25, 0.3) is 10.9 Å². The van der Waals surface area contributed by atoms with Crippen molar-refractivity contribution >= 4 is 29.1 Å². The first-order valence-electron chi connectivity index (χ1n) is 6.27. The minimum Gasteiger partial charge on any atom is -0.365 e. The Morgan fingerprint density at radius 2 is 1.70 bits per heavy atom. The van der Waals surface area contributed by atoms with Crippen LogP contribution < -0.4 is 5.32 Å². The summed E-state index contributed by atoms with van der Waals surface area (Å²) in [4.78, 5) is 3.24. The zero-order valence-electron chi connectivity index (χ0n) is 10.9. The van der Waals surface area contributed by atoms with Gasteiger partial charge in [-0.25, -0.2) is 0 Å². The van der Waals surface area contributed by atoms with E-state index in [1.165, 1.54) is 5.56 Å². The predicted molar refractivity (Wildman–Crippen MR) is 85.7 cm³/mol. The molecule has 2 aromatic carbocycles. The first kappa shape index (κ1) is 14.2. The second-order valence-corrected chi connectivity index (χ2v) is 4.48. The van der Waals surface area contributed by atoms with Gasteiger partial charge in [-0.3, -0.25) is 5.41 Å². The fourth-order valence-corrected chi connectivity index (χ4v) is 2.09. The van der Waals surface area contributed by atoms with Gasteiger partial charge in [-0.05, 0) is 17.7 Å². The van der Waals surface area contributed by atoms with Gasteiger partial charge in [-0.15, -0.1) is 12.4 Å². The van der Waals surface area contributed by atoms with Crippen LogP contribution in [0.15, 0.2) is 60.7 Å². The molecule has 0 unspecified atom stereocenters. The Kier molecular flexibility index (Phi) is 4.43. The van der Waals surface area contributed by atoms with E-state index < -0.39 is 0 Å². The number of halogens is 1. The molecule has 102 valence electrons. The van der Waals surface area contributed by atoms with Crippen molar-refractivity contribution in [2.24, 2.45) is 0 Å². The smallest absolute Gasteiger partial charge is 0.142 e. The van der Waals surface area contributed by atoms with Gasteiger partial charge < -0.3 is 10.3 Å². The van der Waals surface area contributed by atoms with Crippen molar-refractivity contribution < 1.29 is 0 Å². The summed E-state index contributed by atoms with van der Waals surface area (Å²) in [6.07, 6.45) is 0.